The first-order valence-corrected chi connectivity index (χ1v) is 9.00. The number of aryl methyl sites for hydroxylation is 1. The fraction of sp³-hybridized carbons (Fsp3) is 0.444. The minimum Gasteiger partial charge on any atom is -0.337 e. The Morgan fingerprint density at radius 1 is 1.25 bits per heavy atom. The van der Waals surface area contributed by atoms with Crippen molar-refractivity contribution in [1.29, 1.82) is 0 Å². The van der Waals surface area contributed by atoms with Crippen molar-refractivity contribution < 1.29 is 13.6 Å². The van der Waals surface area contributed by atoms with E-state index in [1.807, 2.05) is 6.92 Å². The van der Waals surface area contributed by atoms with Crippen LogP contribution < -0.4 is 0 Å². The Hall–Kier alpha value is -3.04. The van der Waals surface area contributed by atoms with E-state index in [0.717, 1.165) is 12.1 Å². The zero-order chi connectivity index (χ0) is 19.8. The van der Waals surface area contributed by atoms with Crippen LogP contribution >= 0.6 is 0 Å². The van der Waals surface area contributed by atoms with Gasteiger partial charge in [0, 0.05) is 25.2 Å². The lowest BCUT2D eigenvalue weighted by molar-refractivity contribution is 0.0659. The van der Waals surface area contributed by atoms with Crippen LogP contribution in [0.4, 0.5) is 8.78 Å². The second kappa shape index (κ2) is 7.17. The number of fused-ring (bicyclic) bond motifs is 1. The second-order valence-corrected chi connectivity index (χ2v) is 7.05. The van der Waals surface area contributed by atoms with Crippen LogP contribution in [0.5, 0.6) is 0 Å². The third-order valence-corrected chi connectivity index (χ3v) is 5.15. The van der Waals surface area contributed by atoms with Gasteiger partial charge in [-0.15, -0.1) is 0 Å². The van der Waals surface area contributed by atoms with Crippen molar-refractivity contribution in [2.75, 3.05) is 13.1 Å². The van der Waals surface area contributed by atoms with E-state index in [1.54, 1.807) is 18.0 Å². The topological polar surface area (TPSA) is 89.2 Å². The van der Waals surface area contributed by atoms with E-state index in [2.05, 4.69) is 25.0 Å². The number of likely N-dealkylation sites (tertiary alicyclic amines) is 1. The highest BCUT2D eigenvalue weighted by atomic mass is 19.3. The van der Waals surface area contributed by atoms with Crippen molar-refractivity contribution >= 4 is 11.7 Å². The summed E-state index contributed by atoms with van der Waals surface area (Å²) in [5, 5.41) is 4.14. The predicted molar refractivity (Wildman–Crippen MR) is 94.9 cm³/mol. The summed E-state index contributed by atoms with van der Waals surface area (Å²) in [4.78, 5) is 30.6. The van der Waals surface area contributed by atoms with Crippen molar-refractivity contribution in [2.24, 2.45) is 5.92 Å². The number of piperidine rings is 1. The van der Waals surface area contributed by atoms with E-state index >= 15 is 0 Å². The van der Waals surface area contributed by atoms with Crippen molar-refractivity contribution in [3.05, 3.63) is 47.6 Å². The molecular formula is C18H19F2N7O. The van der Waals surface area contributed by atoms with Gasteiger partial charge in [0.1, 0.15) is 17.7 Å². The number of carbonyl (C=O) groups excluding carboxylic acids is 1. The number of hydrogen-bond donors (Lipinski definition) is 0. The Bertz CT molecular complexity index is 1000. The molecule has 4 heterocycles. The molecule has 1 saturated heterocycles. The maximum Gasteiger partial charge on any atom is 0.280 e. The number of amides is 1. The minimum atomic E-state index is -2.71. The lowest BCUT2D eigenvalue weighted by Crippen LogP contribution is -2.43. The molecule has 2 atom stereocenters. The molecule has 1 aliphatic heterocycles. The van der Waals surface area contributed by atoms with Crippen LogP contribution in [-0.4, -0.2) is 53.4 Å². The van der Waals surface area contributed by atoms with Crippen LogP contribution in [-0.2, 0) is 0 Å². The van der Waals surface area contributed by atoms with E-state index < -0.39 is 6.43 Å². The number of alkyl halides is 2. The highest BCUT2D eigenvalue weighted by Gasteiger charge is 2.33. The maximum atomic E-state index is 13.3. The van der Waals surface area contributed by atoms with E-state index in [9.17, 15) is 13.6 Å². The predicted octanol–water partition coefficient (Wildman–Crippen LogP) is 2.43. The quantitative estimate of drug-likeness (QED) is 0.686. The number of halogens is 2. The van der Waals surface area contributed by atoms with Crippen LogP contribution in [0.2, 0.25) is 0 Å². The van der Waals surface area contributed by atoms with Gasteiger partial charge in [-0.05, 0) is 25.3 Å². The Kier molecular flexibility index (Phi) is 4.70. The van der Waals surface area contributed by atoms with Crippen LogP contribution in [0.15, 0.2) is 24.8 Å². The van der Waals surface area contributed by atoms with E-state index in [1.165, 1.54) is 23.1 Å². The summed E-state index contributed by atoms with van der Waals surface area (Å²) in [6, 6.07) is 1.37. The molecule has 1 amide bonds. The first kappa shape index (κ1) is 18.3. The monoisotopic (exact) mass is 387 g/mol. The van der Waals surface area contributed by atoms with Gasteiger partial charge in [0.25, 0.3) is 18.1 Å². The summed E-state index contributed by atoms with van der Waals surface area (Å²) in [6.45, 7) is 4.78. The molecule has 1 unspecified atom stereocenters. The largest absolute Gasteiger partial charge is 0.337 e. The molecule has 0 aromatic carbocycles. The third kappa shape index (κ3) is 3.30. The molecule has 0 aliphatic carbocycles. The average molecular weight is 387 g/mol. The molecule has 3 aromatic heterocycles. The SMILES string of the molecule is Cc1cnc(C(=O)N2CC[C@@H](C)C(c3cc(C(F)F)nc4ncnn34)C2)cn1. The lowest BCUT2D eigenvalue weighted by atomic mass is 9.84. The number of hydrogen-bond acceptors (Lipinski definition) is 6. The minimum absolute atomic E-state index is 0.132. The van der Waals surface area contributed by atoms with Gasteiger partial charge in [-0.2, -0.15) is 10.1 Å². The zero-order valence-corrected chi connectivity index (χ0v) is 15.5. The lowest BCUT2D eigenvalue weighted by Gasteiger charge is -2.37. The van der Waals surface area contributed by atoms with Gasteiger partial charge < -0.3 is 4.90 Å². The molecule has 0 radical (unpaired) electrons. The normalized spacial score (nSPS) is 20.1. The maximum absolute atomic E-state index is 13.3. The molecule has 146 valence electrons. The summed E-state index contributed by atoms with van der Waals surface area (Å²) < 4.78 is 28.1. The smallest absolute Gasteiger partial charge is 0.280 e. The summed E-state index contributed by atoms with van der Waals surface area (Å²) in [7, 11) is 0. The summed E-state index contributed by atoms with van der Waals surface area (Å²) in [5.41, 5.74) is 1.24. The first-order valence-electron chi connectivity index (χ1n) is 9.00. The van der Waals surface area contributed by atoms with Crippen molar-refractivity contribution in [2.45, 2.75) is 32.6 Å². The van der Waals surface area contributed by atoms with E-state index in [0.29, 0.717) is 18.8 Å². The van der Waals surface area contributed by atoms with Gasteiger partial charge >= 0.3 is 0 Å². The molecule has 3 aromatic rings. The molecular weight excluding hydrogens is 368 g/mol. The molecule has 28 heavy (non-hydrogen) atoms. The van der Waals surface area contributed by atoms with Crippen LogP contribution in [0.1, 0.15) is 53.3 Å². The number of aromatic nitrogens is 6. The molecule has 0 bridgehead atoms. The van der Waals surface area contributed by atoms with Gasteiger partial charge in [0.2, 0.25) is 0 Å². The summed E-state index contributed by atoms with van der Waals surface area (Å²) >= 11 is 0. The van der Waals surface area contributed by atoms with Gasteiger partial charge in [0.15, 0.2) is 0 Å². The van der Waals surface area contributed by atoms with Crippen LogP contribution in [0.25, 0.3) is 5.78 Å². The van der Waals surface area contributed by atoms with Gasteiger partial charge in [-0.25, -0.2) is 23.3 Å². The third-order valence-electron chi connectivity index (χ3n) is 5.15. The van der Waals surface area contributed by atoms with Crippen molar-refractivity contribution in [1.82, 2.24) is 34.4 Å². The van der Waals surface area contributed by atoms with Crippen molar-refractivity contribution in [3.63, 3.8) is 0 Å². The van der Waals surface area contributed by atoms with Crippen LogP contribution in [0.3, 0.4) is 0 Å². The van der Waals surface area contributed by atoms with Gasteiger partial charge in [-0.1, -0.05) is 6.92 Å². The summed E-state index contributed by atoms with van der Waals surface area (Å²) in [6.07, 6.45) is 2.33. The number of rotatable bonds is 3. The molecule has 1 fully saturated rings. The average Bonchev–Trinajstić information content (AvgIpc) is 3.16. The standard InChI is InChI=1S/C18H19F2N7O/c1-10-3-4-26(17(28)14-7-21-11(2)6-22-14)8-12(10)15-5-13(16(19)20)25-18-23-9-24-27(15)18/h5-7,9-10,12,16H,3-4,8H2,1-2H3/t10-,12?/m1/s1. The fourth-order valence-corrected chi connectivity index (χ4v) is 3.53. The van der Waals surface area contributed by atoms with Crippen molar-refractivity contribution in [3.8, 4) is 0 Å². The second-order valence-electron chi connectivity index (χ2n) is 7.05. The molecule has 0 N–H and O–H groups in total. The molecule has 0 spiro atoms. The molecule has 10 heteroatoms. The van der Waals surface area contributed by atoms with Gasteiger partial charge in [-0.3, -0.25) is 9.78 Å². The van der Waals surface area contributed by atoms with Crippen LogP contribution in [0, 0.1) is 12.8 Å². The van der Waals surface area contributed by atoms with E-state index in [-0.39, 0.29) is 34.9 Å². The number of carbonyl (C=O) groups is 1. The molecule has 8 nitrogen and oxygen atoms in total. The Balaban J connectivity index is 1.67. The van der Waals surface area contributed by atoms with Gasteiger partial charge in [0.05, 0.1) is 17.6 Å². The zero-order valence-electron chi connectivity index (χ0n) is 15.5. The molecule has 1 aliphatic rings. The Morgan fingerprint density at radius 3 is 2.79 bits per heavy atom. The molecule has 0 saturated carbocycles. The first-order chi connectivity index (χ1) is 13.4. The van der Waals surface area contributed by atoms with E-state index in [4.69, 9.17) is 0 Å². The highest BCUT2D eigenvalue weighted by molar-refractivity contribution is 5.92. The summed E-state index contributed by atoms with van der Waals surface area (Å²) in [5.74, 6) is -0.0930. The fourth-order valence-electron chi connectivity index (χ4n) is 3.53. The Morgan fingerprint density at radius 2 is 2.07 bits per heavy atom. The number of nitrogens with zero attached hydrogens (tertiary/aromatic N) is 7. The molecule has 4 rings (SSSR count). The Labute approximate surface area is 159 Å². The highest BCUT2D eigenvalue weighted by Crippen LogP contribution is 2.34.